The molecular formula is C64H72Cl4N12O14S3-2. The average Bonchev–Trinajstić information content (AvgIpc) is 1.08. The summed E-state index contributed by atoms with van der Waals surface area (Å²) in [5, 5.41) is 8.05. The quantitative estimate of drug-likeness (QED) is 0.0370. The molecule has 4 aromatic carbocycles. The van der Waals surface area contributed by atoms with Crippen LogP contribution in [0.25, 0.3) is 33.2 Å². The molecule has 520 valence electrons. The summed E-state index contributed by atoms with van der Waals surface area (Å²) >= 11 is 26.6. The van der Waals surface area contributed by atoms with E-state index in [1.807, 2.05) is 71.8 Å². The average molecular weight is 1470 g/mol. The third-order valence-electron chi connectivity index (χ3n) is 16.7. The van der Waals surface area contributed by atoms with Crippen molar-refractivity contribution in [1.29, 1.82) is 0 Å². The number of carbonyl (C=O) groups excluding carboxylic acids is 2. The molecule has 4 saturated heterocycles. The largest absolute Gasteiger partial charge is 0.759 e. The maximum atomic E-state index is 13.9. The number of aryl methyl sites for hydroxylation is 2. The van der Waals surface area contributed by atoms with Crippen molar-refractivity contribution in [2.75, 3.05) is 91.9 Å². The lowest BCUT2D eigenvalue weighted by Gasteiger charge is -2.27. The van der Waals surface area contributed by atoms with Gasteiger partial charge in [0.1, 0.15) is 57.6 Å². The molecule has 4 aliphatic heterocycles. The number of nitrogens with one attached hydrogen (secondary N) is 2. The van der Waals surface area contributed by atoms with Gasteiger partial charge < -0.3 is 47.8 Å². The maximum absolute atomic E-state index is 13.9. The van der Waals surface area contributed by atoms with Crippen LogP contribution in [0.5, 0.6) is 11.5 Å². The first-order valence-electron chi connectivity index (χ1n) is 31.3. The monoisotopic (exact) mass is 1470 g/mol. The minimum atomic E-state index is -5.17. The number of amides is 2. The number of morpholine rings is 2. The summed E-state index contributed by atoms with van der Waals surface area (Å²) in [5.41, 5.74) is 5.30. The van der Waals surface area contributed by atoms with Crippen LogP contribution < -0.4 is 20.1 Å². The summed E-state index contributed by atoms with van der Waals surface area (Å²) in [6.45, 7) is 13.1. The van der Waals surface area contributed by atoms with Crippen molar-refractivity contribution in [3.05, 3.63) is 153 Å². The zero-order chi connectivity index (χ0) is 69.0. The molecule has 0 bridgehead atoms. The van der Waals surface area contributed by atoms with E-state index >= 15 is 0 Å². The van der Waals surface area contributed by atoms with Gasteiger partial charge in [0.15, 0.2) is 0 Å². The molecule has 0 spiro atoms. The SMILES string of the molecule is Cc1cc(-n2ccnc2)c2cccc(OCc3c(Cl)ccc(S(=O)(=O)N4CCC[C@H]4C(=O)NCCCN4CCOCC4)c3Cl)c2n1.Cc1cc(-n2ccnc2)c2cccc(OCc3c(Cl)ccc(S(=O)(=O)N4CCC[C@H]4C(=O)NCCCN4CCOCC4)c3Cl)c2n1.O=S(=O)([O-])[O-]. The first kappa shape index (κ1) is 73.1. The van der Waals surface area contributed by atoms with Crippen molar-refractivity contribution < 1.29 is 62.9 Å². The van der Waals surface area contributed by atoms with E-state index in [4.69, 9.17) is 92.8 Å². The second-order valence-corrected chi connectivity index (χ2v) is 29.3. The molecule has 2 amide bonds. The Balaban J connectivity index is 0.000000197. The van der Waals surface area contributed by atoms with Gasteiger partial charge in [-0.05, 0) is 114 Å². The van der Waals surface area contributed by atoms with Crippen LogP contribution in [-0.2, 0) is 62.7 Å². The van der Waals surface area contributed by atoms with Crippen molar-refractivity contribution in [2.45, 2.75) is 87.5 Å². The Morgan fingerprint density at radius 3 is 1.34 bits per heavy atom. The van der Waals surface area contributed by atoms with Crippen molar-refractivity contribution in [1.82, 2.24) is 58.1 Å². The minimum Gasteiger partial charge on any atom is -0.759 e. The van der Waals surface area contributed by atoms with Crippen LogP contribution in [0, 0.1) is 13.8 Å². The fraction of sp³-hybridized carbons (Fsp3) is 0.406. The number of pyridine rings is 2. The molecule has 26 nitrogen and oxygen atoms in total. The topological polar surface area (TPSA) is 318 Å². The van der Waals surface area contributed by atoms with Gasteiger partial charge in [0.05, 0.1) is 60.5 Å². The molecule has 0 radical (unpaired) electrons. The summed E-state index contributed by atoms with van der Waals surface area (Å²) in [5.74, 6) is 0.386. The molecule has 0 unspecified atom stereocenters. The van der Waals surface area contributed by atoms with E-state index in [9.17, 15) is 26.4 Å². The number of sulfonamides is 2. The number of para-hydroxylation sites is 2. The summed E-state index contributed by atoms with van der Waals surface area (Å²) in [6, 6.07) is 19.3. The number of benzene rings is 4. The van der Waals surface area contributed by atoms with E-state index in [1.54, 1.807) is 37.2 Å². The molecule has 2 N–H and O–H groups in total. The Morgan fingerprint density at radius 2 is 0.969 bits per heavy atom. The lowest BCUT2D eigenvalue weighted by molar-refractivity contribution is -0.124. The van der Waals surface area contributed by atoms with Crippen molar-refractivity contribution in [3.8, 4) is 22.9 Å². The van der Waals surface area contributed by atoms with E-state index in [1.165, 1.54) is 32.9 Å². The second kappa shape index (κ2) is 33.0. The molecule has 97 heavy (non-hydrogen) atoms. The van der Waals surface area contributed by atoms with Crippen molar-refractivity contribution in [3.63, 3.8) is 0 Å². The molecular weight excluding hydrogens is 1400 g/mol. The standard InChI is InChI=1S/2C32H36Cl2N6O5S.H2O4S/c2*1-22-19-27(39-14-11-35-21-39)23-5-2-7-28(31(23)37-22)45-20-24-25(33)8-9-29(30(24)34)46(42,43)40-13-3-6-26(40)32(41)36-10-4-12-38-15-17-44-18-16-38;1-5(2,3)4/h2*2,5,7-9,11,14,19,21,26H,3-4,6,10,12-13,15-18,20H2,1H3,(H,36,41);(H2,1,2,3,4)/p-2/t2*26-;/m00./s1. The highest BCUT2D eigenvalue weighted by Crippen LogP contribution is 2.40. The van der Waals surface area contributed by atoms with Gasteiger partial charge in [-0.1, -0.05) is 70.7 Å². The van der Waals surface area contributed by atoms with Gasteiger partial charge in [0.2, 0.25) is 31.9 Å². The number of carbonyl (C=O) groups is 2. The molecule has 33 heteroatoms. The van der Waals surface area contributed by atoms with Gasteiger partial charge in [-0.15, -0.1) is 0 Å². The summed E-state index contributed by atoms with van der Waals surface area (Å²) < 4.78 is 119. The molecule has 2 atom stereocenters. The van der Waals surface area contributed by atoms with Crippen LogP contribution in [-0.4, -0.2) is 198 Å². The zero-order valence-corrected chi connectivity index (χ0v) is 58.5. The van der Waals surface area contributed by atoms with Crippen LogP contribution in [0.2, 0.25) is 20.1 Å². The number of nitrogens with zero attached hydrogens (tertiary/aromatic N) is 10. The van der Waals surface area contributed by atoms with E-state index in [0.717, 1.165) is 112 Å². The fourth-order valence-corrected chi connectivity index (χ4v) is 17.0. The number of halogens is 4. The fourth-order valence-electron chi connectivity index (χ4n) is 12.0. The first-order chi connectivity index (χ1) is 46.5. The Bertz CT molecular complexity index is 4170. The molecule has 12 rings (SSSR count). The number of aromatic nitrogens is 6. The Hall–Kier alpha value is -6.65. The van der Waals surface area contributed by atoms with E-state index < -0.39 is 42.5 Å². The predicted molar refractivity (Wildman–Crippen MR) is 363 cm³/mol. The number of imidazole rings is 2. The Kier molecular flexibility index (Phi) is 24.9. The first-order valence-corrected chi connectivity index (χ1v) is 37.0. The highest BCUT2D eigenvalue weighted by Gasteiger charge is 2.42. The Morgan fingerprint density at radius 1 is 0.577 bits per heavy atom. The molecule has 8 aromatic rings. The number of fused-ring (bicyclic) bond motifs is 2. The molecule has 4 aliphatic rings. The van der Waals surface area contributed by atoms with Crippen LogP contribution in [0.3, 0.4) is 0 Å². The smallest absolute Gasteiger partial charge is 0.245 e. The zero-order valence-electron chi connectivity index (χ0n) is 53.0. The van der Waals surface area contributed by atoms with Gasteiger partial charge in [0, 0.05) is 131 Å². The third kappa shape index (κ3) is 18.2. The summed E-state index contributed by atoms with van der Waals surface area (Å²) in [6.07, 6.45) is 14.1. The molecule has 0 saturated carbocycles. The number of ether oxygens (including phenoxy) is 4. The summed E-state index contributed by atoms with van der Waals surface area (Å²) in [7, 11) is -13.4. The molecule has 8 heterocycles. The number of hydrogen-bond acceptors (Lipinski definition) is 20. The van der Waals surface area contributed by atoms with Crippen molar-refractivity contribution in [2.24, 2.45) is 0 Å². The number of rotatable bonds is 22. The number of hydrogen-bond donors (Lipinski definition) is 2. The second-order valence-electron chi connectivity index (χ2n) is 23.2. The van der Waals surface area contributed by atoms with Gasteiger partial charge in [-0.3, -0.25) is 27.8 Å². The minimum absolute atomic E-state index is 0.0347. The van der Waals surface area contributed by atoms with E-state index in [-0.39, 0.29) is 68.0 Å². The van der Waals surface area contributed by atoms with Crippen LogP contribution >= 0.6 is 46.4 Å². The lowest BCUT2D eigenvalue weighted by atomic mass is 10.1. The van der Waals surface area contributed by atoms with Gasteiger partial charge in [0.25, 0.3) is 0 Å². The van der Waals surface area contributed by atoms with Crippen LogP contribution in [0.4, 0.5) is 0 Å². The highest BCUT2D eigenvalue weighted by atomic mass is 35.5. The van der Waals surface area contributed by atoms with Gasteiger partial charge >= 0.3 is 0 Å². The van der Waals surface area contributed by atoms with E-state index in [0.29, 0.717) is 72.4 Å². The van der Waals surface area contributed by atoms with Crippen LogP contribution in [0.15, 0.2) is 120 Å². The third-order valence-corrected chi connectivity index (χ3v) is 22.4. The highest BCUT2D eigenvalue weighted by molar-refractivity contribution is 7.89. The molecule has 4 aromatic heterocycles. The van der Waals surface area contributed by atoms with Crippen LogP contribution in [0.1, 0.15) is 61.0 Å². The maximum Gasteiger partial charge on any atom is 0.245 e. The lowest BCUT2D eigenvalue weighted by Crippen LogP contribution is -2.46. The van der Waals surface area contributed by atoms with Crippen molar-refractivity contribution >= 4 is 110 Å². The van der Waals surface area contributed by atoms with Gasteiger partial charge in [-0.2, -0.15) is 8.61 Å². The molecule has 4 fully saturated rings. The predicted octanol–water partition coefficient (Wildman–Crippen LogP) is 7.87. The summed E-state index contributed by atoms with van der Waals surface area (Å²) in [4.78, 5) is 48.4. The molecule has 0 aliphatic carbocycles. The Labute approximate surface area is 582 Å². The van der Waals surface area contributed by atoms with E-state index in [2.05, 4.69) is 30.4 Å². The van der Waals surface area contributed by atoms with Gasteiger partial charge in [-0.25, -0.2) is 36.8 Å². The normalized spacial score (nSPS) is 17.5.